The highest BCUT2D eigenvalue weighted by atomic mass is 16.2. The lowest BCUT2D eigenvalue weighted by Gasteiger charge is -2.19. The number of hydrogen-bond donors (Lipinski definition) is 5. The molecule has 0 radical (unpaired) electrons. The van der Waals surface area contributed by atoms with Crippen LogP contribution in [0.25, 0.3) is 0 Å². The minimum Gasteiger partial charge on any atom is -0.355 e. The summed E-state index contributed by atoms with van der Waals surface area (Å²) in [5, 5.41) is 12.6. The highest BCUT2D eigenvalue weighted by molar-refractivity contribution is 6.12. The number of unbranched alkanes of at least 4 members (excludes halogenated alkanes) is 2. The summed E-state index contributed by atoms with van der Waals surface area (Å²) < 4.78 is 0. The van der Waals surface area contributed by atoms with Crippen LogP contribution in [0.15, 0.2) is 42.5 Å². The van der Waals surface area contributed by atoms with Gasteiger partial charge in [-0.1, -0.05) is 43.7 Å². The average molecular weight is 571 g/mol. The minimum absolute atomic E-state index is 0.167. The zero-order chi connectivity index (χ0) is 30.0. The Morgan fingerprint density at radius 3 is 2.02 bits per heavy atom. The van der Waals surface area contributed by atoms with E-state index in [1.54, 1.807) is 24.3 Å². The first-order valence-corrected chi connectivity index (χ1v) is 13.6. The van der Waals surface area contributed by atoms with Gasteiger partial charge in [0.05, 0.1) is 19.6 Å². The van der Waals surface area contributed by atoms with E-state index >= 15 is 0 Å². The van der Waals surface area contributed by atoms with Crippen molar-refractivity contribution in [3.8, 4) is 0 Å². The molecule has 1 aromatic rings. The van der Waals surface area contributed by atoms with Gasteiger partial charge in [-0.2, -0.15) is 0 Å². The maximum atomic E-state index is 12.7. The van der Waals surface area contributed by atoms with Crippen LogP contribution < -0.4 is 26.6 Å². The summed E-state index contributed by atoms with van der Waals surface area (Å²) in [6.45, 7) is 1.72. The van der Waals surface area contributed by atoms with E-state index in [1.165, 1.54) is 12.2 Å². The molecule has 41 heavy (non-hydrogen) atoms. The highest BCUT2D eigenvalue weighted by Crippen LogP contribution is 2.08. The first-order valence-electron chi connectivity index (χ1n) is 13.6. The summed E-state index contributed by atoms with van der Waals surface area (Å²) in [6, 6.07) is 8.06. The molecular weight excluding hydrogens is 532 g/mol. The number of carbonyl (C=O) groups is 7. The molecule has 0 bridgehead atoms. The van der Waals surface area contributed by atoms with Gasteiger partial charge in [-0.3, -0.25) is 38.5 Å². The number of benzene rings is 1. The fourth-order valence-corrected chi connectivity index (χ4v) is 3.81. The largest absolute Gasteiger partial charge is 0.355 e. The summed E-state index contributed by atoms with van der Waals surface area (Å²) in [5.74, 6) is -3.09. The smallest absolute Gasteiger partial charge is 0.253 e. The summed E-state index contributed by atoms with van der Waals surface area (Å²) in [6.07, 6.45) is 5.26. The third kappa shape index (κ3) is 12.9. The van der Waals surface area contributed by atoms with E-state index < -0.39 is 30.3 Å². The topological polar surface area (TPSA) is 183 Å². The molecule has 0 aromatic heterocycles. The van der Waals surface area contributed by atoms with E-state index in [0.29, 0.717) is 32.4 Å². The molecule has 0 unspecified atom stereocenters. The van der Waals surface area contributed by atoms with Gasteiger partial charge in [0, 0.05) is 38.1 Å². The number of rotatable bonds is 18. The molecular formula is C28H38N6O7. The van der Waals surface area contributed by atoms with Crippen LogP contribution in [0.5, 0.6) is 0 Å². The SMILES string of the molecule is CCCNC(=O)CNC(=O)[C@H](Cc1ccccc1)NC(=O)CNC(=O)CNC(=O)CCCCCN1C(=O)C=CC1=O. The van der Waals surface area contributed by atoms with Crippen molar-refractivity contribution in [2.75, 3.05) is 32.7 Å². The van der Waals surface area contributed by atoms with Gasteiger partial charge < -0.3 is 26.6 Å². The Morgan fingerprint density at radius 1 is 0.732 bits per heavy atom. The summed E-state index contributed by atoms with van der Waals surface area (Å²) >= 11 is 0. The Labute approximate surface area is 238 Å². The monoisotopic (exact) mass is 570 g/mol. The van der Waals surface area contributed by atoms with Gasteiger partial charge in [-0.15, -0.1) is 0 Å². The van der Waals surface area contributed by atoms with Crippen LogP contribution in [0, 0.1) is 0 Å². The molecule has 1 heterocycles. The lowest BCUT2D eigenvalue weighted by molar-refractivity contribution is -0.137. The Bertz CT molecular complexity index is 1100. The predicted molar refractivity (Wildman–Crippen MR) is 149 cm³/mol. The number of carbonyl (C=O) groups excluding carboxylic acids is 7. The van der Waals surface area contributed by atoms with Crippen molar-refractivity contribution in [1.29, 1.82) is 0 Å². The number of amides is 7. The molecule has 2 rings (SSSR count). The molecule has 1 aromatic carbocycles. The molecule has 13 heteroatoms. The van der Waals surface area contributed by atoms with E-state index in [4.69, 9.17) is 0 Å². The zero-order valence-corrected chi connectivity index (χ0v) is 23.2. The standard InChI is InChI=1S/C28H38N6O7/c1-2-14-29-23(36)18-32-28(41)21(16-20-9-5-3-6-10-20)33-25(38)19-31-24(37)17-30-22(35)11-7-4-8-15-34-26(39)12-13-27(34)40/h3,5-6,9-10,12-13,21H,2,4,7-8,11,14-19H2,1H3,(H,29,36)(H,30,35)(H,31,37)(H,32,41)(H,33,38)/t21-/m0/s1. The van der Waals surface area contributed by atoms with Gasteiger partial charge >= 0.3 is 0 Å². The molecule has 0 saturated heterocycles. The second-order valence-corrected chi connectivity index (χ2v) is 9.40. The number of imide groups is 1. The number of nitrogens with zero attached hydrogens (tertiary/aromatic N) is 1. The van der Waals surface area contributed by atoms with Gasteiger partial charge in [-0.25, -0.2) is 0 Å². The van der Waals surface area contributed by atoms with Crippen LogP contribution in [-0.4, -0.2) is 85.0 Å². The molecule has 1 aliphatic rings. The summed E-state index contributed by atoms with van der Waals surface area (Å²) in [7, 11) is 0. The van der Waals surface area contributed by atoms with Crippen LogP contribution in [-0.2, 0) is 40.0 Å². The van der Waals surface area contributed by atoms with Crippen LogP contribution in [0.1, 0.15) is 44.6 Å². The number of hydrogen-bond acceptors (Lipinski definition) is 7. The van der Waals surface area contributed by atoms with Crippen molar-refractivity contribution in [3.63, 3.8) is 0 Å². The number of nitrogens with one attached hydrogen (secondary N) is 5. The fourth-order valence-electron chi connectivity index (χ4n) is 3.81. The molecule has 0 aliphatic carbocycles. The highest BCUT2D eigenvalue weighted by Gasteiger charge is 2.23. The second-order valence-electron chi connectivity index (χ2n) is 9.40. The molecule has 13 nitrogen and oxygen atoms in total. The van der Waals surface area contributed by atoms with Crippen LogP contribution >= 0.6 is 0 Å². The molecule has 222 valence electrons. The van der Waals surface area contributed by atoms with Crippen LogP contribution in [0.4, 0.5) is 0 Å². The van der Waals surface area contributed by atoms with Gasteiger partial charge in [0.15, 0.2) is 0 Å². The van der Waals surface area contributed by atoms with Crippen LogP contribution in [0.2, 0.25) is 0 Å². The van der Waals surface area contributed by atoms with Crippen molar-refractivity contribution in [2.45, 2.75) is 51.5 Å². The molecule has 7 amide bonds. The van der Waals surface area contributed by atoms with E-state index in [0.717, 1.165) is 16.9 Å². The third-order valence-electron chi connectivity index (χ3n) is 6.01. The maximum absolute atomic E-state index is 12.7. The summed E-state index contributed by atoms with van der Waals surface area (Å²) in [4.78, 5) is 85.3. The Hall–Kier alpha value is -4.55. The van der Waals surface area contributed by atoms with E-state index in [1.807, 2.05) is 13.0 Å². The van der Waals surface area contributed by atoms with Gasteiger partial charge in [-0.05, 0) is 24.8 Å². The lowest BCUT2D eigenvalue weighted by atomic mass is 10.1. The molecule has 0 fully saturated rings. The predicted octanol–water partition coefficient (Wildman–Crippen LogP) is -0.926. The van der Waals surface area contributed by atoms with E-state index in [9.17, 15) is 33.6 Å². The van der Waals surface area contributed by atoms with Gasteiger partial charge in [0.25, 0.3) is 11.8 Å². The van der Waals surface area contributed by atoms with E-state index in [-0.39, 0.29) is 49.6 Å². The quantitative estimate of drug-likeness (QED) is 0.112. The molecule has 0 saturated carbocycles. The first-order chi connectivity index (χ1) is 19.7. The Kier molecular flexibility index (Phi) is 14.3. The Morgan fingerprint density at radius 2 is 1.34 bits per heavy atom. The molecule has 5 N–H and O–H groups in total. The van der Waals surface area contributed by atoms with Crippen molar-refractivity contribution >= 4 is 41.4 Å². The van der Waals surface area contributed by atoms with Gasteiger partial charge in [0.1, 0.15) is 6.04 Å². The van der Waals surface area contributed by atoms with Crippen molar-refractivity contribution < 1.29 is 33.6 Å². The van der Waals surface area contributed by atoms with E-state index in [2.05, 4.69) is 26.6 Å². The summed E-state index contributed by atoms with van der Waals surface area (Å²) in [5.41, 5.74) is 0.796. The lowest BCUT2D eigenvalue weighted by Crippen LogP contribution is -2.52. The fraction of sp³-hybridized carbons (Fsp3) is 0.464. The van der Waals surface area contributed by atoms with Gasteiger partial charge in [0.2, 0.25) is 29.5 Å². The minimum atomic E-state index is -0.974. The van der Waals surface area contributed by atoms with Crippen LogP contribution in [0.3, 0.4) is 0 Å². The normalized spacial score (nSPS) is 13.0. The first kappa shape index (κ1) is 32.7. The van der Waals surface area contributed by atoms with Crippen molar-refractivity contribution in [3.05, 3.63) is 48.0 Å². The third-order valence-corrected chi connectivity index (χ3v) is 6.01. The molecule has 0 spiro atoms. The molecule has 1 atom stereocenters. The second kappa shape index (κ2) is 17.9. The average Bonchev–Trinajstić information content (AvgIpc) is 3.28. The van der Waals surface area contributed by atoms with Crippen molar-refractivity contribution in [2.24, 2.45) is 0 Å². The zero-order valence-electron chi connectivity index (χ0n) is 23.2. The maximum Gasteiger partial charge on any atom is 0.253 e. The molecule has 1 aliphatic heterocycles. The Balaban J connectivity index is 1.68. The van der Waals surface area contributed by atoms with Crippen molar-refractivity contribution in [1.82, 2.24) is 31.5 Å².